The first-order valence-electron chi connectivity index (χ1n) is 8.15. The number of methoxy groups -OCH3 is 3. The molecule has 0 bridgehead atoms. The van der Waals surface area contributed by atoms with E-state index in [0.717, 1.165) is 11.3 Å². The van der Waals surface area contributed by atoms with E-state index >= 15 is 0 Å². The fourth-order valence-electron chi connectivity index (χ4n) is 2.54. The van der Waals surface area contributed by atoms with E-state index in [9.17, 15) is 4.79 Å². The molecule has 0 aliphatic rings. The number of anilines is 2. The second kappa shape index (κ2) is 9.19. The molecule has 0 aromatic heterocycles. The number of carbonyl (C=O) groups excluding carboxylic acids is 1. The fourth-order valence-corrected chi connectivity index (χ4v) is 2.71. The van der Waals surface area contributed by atoms with Crippen LogP contribution in [0.25, 0.3) is 6.08 Å². The lowest BCUT2D eigenvalue weighted by Gasteiger charge is -2.17. The van der Waals surface area contributed by atoms with Gasteiger partial charge in [0, 0.05) is 25.2 Å². The smallest absolute Gasteiger partial charge is 0.248 e. The summed E-state index contributed by atoms with van der Waals surface area (Å²) in [4.78, 5) is 14.3. The number of nitrogens with one attached hydrogen (secondary N) is 1. The number of rotatable bonds is 7. The maximum absolute atomic E-state index is 12.4. The average molecular weight is 391 g/mol. The van der Waals surface area contributed by atoms with Gasteiger partial charge in [-0.25, -0.2) is 0 Å². The zero-order chi connectivity index (χ0) is 20.0. The van der Waals surface area contributed by atoms with Crippen LogP contribution in [0, 0.1) is 0 Å². The van der Waals surface area contributed by atoms with Gasteiger partial charge < -0.3 is 24.4 Å². The molecule has 7 heteroatoms. The van der Waals surface area contributed by atoms with Crippen LogP contribution in [-0.4, -0.2) is 41.3 Å². The Morgan fingerprint density at radius 1 is 1.04 bits per heavy atom. The van der Waals surface area contributed by atoms with Crippen molar-refractivity contribution in [3.63, 3.8) is 0 Å². The zero-order valence-electron chi connectivity index (χ0n) is 16.0. The lowest BCUT2D eigenvalue weighted by atomic mass is 10.1. The van der Waals surface area contributed by atoms with E-state index in [1.165, 1.54) is 13.2 Å². The van der Waals surface area contributed by atoms with Crippen LogP contribution in [0.1, 0.15) is 5.56 Å². The molecular formula is C20H23ClN2O4. The third-order valence-electron chi connectivity index (χ3n) is 3.81. The van der Waals surface area contributed by atoms with E-state index in [0.29, 0.717) is 28.0 Å². The van der Waals surface area contributed by atoms with Gasteiger partial charge in [0.05, 0.1) is 32.7 Å². The highest BCUT2D eigenvalue weighted by Crippen LogP contribution is 2.38. The SMILES string of the molecule is COc1cc(/C=C/C(=O)Nc2cc(Cl)ccc2N(C)C)cc(OC)c1OC. The summed E-state index contributed by atoms with van der Waals surface area (Å²) in [6.45, 7) is 0. The molecule has 1 amide bonds. The minimum absolute atomic E-state index is 0.283. The molecule has 0 unspecified atom stereocenters. The van der Waals surface area contributed by atoms with Crippen molar-refractivity contribution in [1.29, 1.82) is 0 Å². The van der Waals surface area contributed by atoms with Gasteiger partial charge in [0.2, 0.25) is 11.7 Å². The molecular weight excluding hydrogens is 368 g/mol. The number of halogens is 1. The number of carbonyl (C=O) groups is 1. The molecule has 0 saturated carbocycles. The van der Waals surface area contributed by atoms with Crippen molar-refractivity contribution in [2.75, 3.05) is 45.6 Å². The maximum atomic E-state index is 12.4. The number of amides is 1. The second-order valence-corrected chi connectivity index (χ2v) is 6.27. The van der Waals surface area contributed by atoms with Crippen molar-refractivity contribution in [2.24, 2.45) is 0 Å². The van der Waals surface area contributed by atoms with E-state index in [-0.39, 0.29) is 5.91 Å². The van der Waals surface area contributed by atoms with Crippen molar-refractivity contribution in [3.05, 3.63) is 47.0 Å². The average Bonchev–Trinajstić information content (AvgIpc) is 2.65. The van der Waals surface area contributed by atoms with E-state index < -0.39 is 0 Å². The molecule has 144 valence electrons. The van der Waals surface area contributed by atoms with Gasteiger partial charge in [-0.3, -0.25) is 4.79 Å². The van der Waals surface area contributed by atoms with Crippen LogP contribution < -0.4 is 24.4 Å². The number of ether oxygens (including phenoxy) is 3. The Bertz CT molecular complexity index is 825. The molecule has 0 atom stereocenters. The molecule has 0 fully saturated rings. The summed E-state index contributed by atoms with van der Waals surface area (Å²) in [5.41, 5.74) is 2.22. The van der Waals surface area contributed by atoms with Crippen molar-refractivity contribution in [1.82, 2.24) is 0 Å². The normalized spacial score (nSPS) is 10.6. The molecule has 2 aromatic rings. The first kappa shape index (κ1) is 20.5. The molecule has 0 radical (unpaired) electrons. The Morgan fingerprint density at radius 3 is 2.19 bits per heavy atom. The Kier molecular flexibility index (Phi) is 6.96. The largest absolute Gasteiger partial charge is 0.493 e. The fraction of sp³-hybridized carbons (Fsp3) is 0.250. The van der Waals surface area contributed by atoms with Crippen LogP contribution in [0.3, 0.4) is 0 Å². The summed E-state index contributed by atoms with van der Waals surface area (Å²) in [6.07, 6.45) is 3.10. The van der Waals surface area contributed by atoms with Crippen LogP contribution in [-0.2, 0) is 4.79 Å². The molecule has 0 spiro atoms. The first-order valence-corrected chi connectivity index (χ1v) is 8.53. The van der Waals surface area contributed by atoms with Crippen molar-refractivity contribution in [3.8, 4) is 17.2 Å². The highest BCUT2D eigenvalue weighted by molar-refractivity contribution is 6.31. The highest BCUT2D eigenvalue weighted by atomic mass is 35.5. The van der Waals surface area contributed by atoms with Crippen molar-refractivity contribution >= 4 is 35.0 Å². The molecule has 0 saturated heterocycles. The lowest BCUT2D eigenvalue weighted by Crippen LogP contribution is -2.15. The molecule has 0 aliphatic carbocycles. The molecule has 0 heterocycles. The number of hydrogen-bond donors (Lipinski definition) is 1. The summed E-state index contributed by atoms with van der Waals surface area (Å²) in [5.74, 6) is 1.24. The number of nitrogens with zero attached hydrogens (tertiary/aromatic N) is 1. The van der Waals surface area contributed by atoms with Gasteiger partial charge in [0.1, 0.15) is 0 Å². The molecule has 2 rings (SSSR count). The van der Waals surface area contributed by atoms with Crippen LogP contribution in [0.2, 0.25) is 5.02 Å². The monoisotopic (exact) mass is 390 g/mol. The predicted octanol–water partition coefficient (Wildman–Crippen LogP) is 4.08. The van der Waals surface area contributed by atoms with Crippen molar-refractivity contribution in [2.45, 2.75) is 0 Å². The number of hydrogen-bond acceptors (Lipinski definition) is 5. The Labute approximate surface area is 164 Å². The number of benzene rings is 2. The summed E-state index contributed by atoms with van der Waals surface area (Å²) in [6, 6.07) is 8.85. The lowest BCUT2D eigenvalue weighted by molar-refractivity contribution is -0.111. The molecule has 27 heavy (non-hydrogen) atoms. The minimum atomic E-state index is -0.283. The summed E-state index contributed by atoms with van der Waals surface area (Å²) in [5, 5.41) is 3.39. The maximum Gasteiger partial charge on any atom is 0.248 e. The topological polar surface area (TPSA) is 60.0 Å². The minimum Gasteiger partial charge on any atom is -0.493 e. The summed E-state index contributed by atoms with van der Waals surface area (Å²) < 4.78 is 15.9. The first-order chi connectivity index (χ1) is 12.9. The third-order valence-corrected chi connectivity index (χ3v) is 4.05. The predicted molar refractivity (Wildman–Crippen MR) is 110 cm³/mol. The van der Waals surface area contributed by atoms with Gasteiger partial charge in [-0.05, 0) is 42.0 Å². The van der Waals surface area contributed by atoms with Gasteiger partial charge in [0.15, 0.2) is 11.5 Å². The molecule has 1 N–H and O–H groups in total. The Hall–Kier alpha value is -2.86. The quantitative estimate of drug-likeness (QED) is 0.722. The van der Waals surface area contributed by atoms with Gasteiger partial charge in [0.25, 0.3) is 0 Å². The van der Waals surface area contributed by atoms with E-state index in [1.54, 1.807) is 44.6 Å². The van der Waals surface area contributed by atoms with Gasteiger partial charge in [-0.15, -0.1) is 0 Å². The van der Waals surface area contributed by atoms with Gasteiger partial charge in [-0.1, -0.05) is 11.6 Å². The highest BCUT2D eigenvalue weighted by Gasteiger charge is 2.12. The molecule has 6 nitrogen and oxygen atoms in total. The third kappa shape index (κ3) is 5.08. The Balaban J connectivity index is 2.24. The zero-order valence-corrected chi connectivity index (χ0v) is 16.8. The second-order valence-electron chi connectivity index (χ2n) is 5.84. The van der Waals surface area contributed by atoms with Crippen molar-refractivity contribution < 1.29 is 19.0 Å². The summed E-state index contributed by atoms with van der Waals surface area (Å²) >= 11 is 6.05. The van der Waals surface area contributed by atoms with E-state index in [2.05, 4.69) is 5.32 Å². The van der Waals surface area contributed by atoms with E-state index in [4.69, 9.17) is 25.8 Å². The molecule has 2 aromatic carbocycles. The Morgan fingerprint density at radius 2 is 1.67 bits per heavy atom. The van der Waals surface area contributed by atoms with Crippen LogP contribution in [0.15, 0.2) is 36.4 Å². The van der Waals surface area contributed by atoms with Crippen LogP contribution in [0.5, 0.6) is 17.2 Å². The summed E-state index contributed by atoms with van der Waals surface area (Å²) in [7, 11) is 8.41. The van der Waals surface area contributed by atoms with Crippen LogP contribution >= 0.6 is 11.6 Å². The van der Waals surface area contributed by atoms with Gasteiger partial charge >= 0.3 is 0 Å². The van der Waals surface area contributed by atoms with E-state index in [1.807, 2.05) is 25.1 Å². The molecule has 0 aliphatic heterocycles. The standard InChI is InChI=1S/C20H23ClN2O4/c1-23(2)16-8-7-14(21)12-15(16)22-19(24)9-6-13-10-17(25-3)20(27-5)18(11-13)26-4/h6-12H,1-5H3,(H,22,24)/b9-6+. The van der Waals surface area contributed by atoms with Gasteiger partial charge in [-0.2, -0.15) is 0 Å². The van der Waals surface area contributed by atoms with Crippen LogP contribution in [0.4, 0.5) is 11.4 Å².